The molecule has 15 heavy (non-hydrogen) atoms. The van der Waals surface area contributed by atoms with Crippen molar-refractivity contribution in [2.45, 2.75) is 36.7 Å². The van der Waals surface area contributed by atoms with E-state index in [1.165, 1.54) is 0 Å². The first-order chi connectivity index (χ1) is 6.62. The van der Waals surface area contributed by atoms with E-state index in [0.717, 1.165) is 13.8 Å². The number of Topliss-reactive ketones (excluding diaryl/α,β-unsaturated/α-hetero) is 2. The Balaban J connectivity index is 4.87. The van der Waals surface area contributed by atoms with Crippen molar-refractivity contribution < 1.29 is 30.0 Å². The summed E-state index contributed by atoms with van der Waals surface area (Å²) in [7, 11) is 0. The third kappa shape index (κ3) is 3.32. The van der Waals surface area contributed by atoms with Gasteiger partial charge in [-0.25, -0.2) is 0 Å². The first kappa shape index (κ1) is 14.7. The van der Waals surface area contributed by atoms with Crippen LogP contribution in [-0.2, 0) is 9.59 Å². The lowest BCUT2D eigenvalue weighted by atomic mass is 9.99. The molecule has 0 aromatic carbocycles. The second kappa shape index (κ2) is 5.13. The molecule has 0 aromatic heterocycles. The Labute approximate surface area is 94.7 Å². The Morgan fingerprint density at radius 3 is 1.93 bits per heavy atom. The smallest absolute Gasteiger partial charge is 0.243 e. The van der Waals surface area contributed by atoms with Crippen LogP contribution in [0.25, 0.3) is 0 Å². The maximum atomic E-state index is 11.1. The fourth-order valence-corrected chi connectivity index (χ4v) is 1.42. The molecule has 0 saturated carbocycles. The Bertz CT molecular complexity index is 262. The fourth-order valence-electron chi connectivity index (χ4n) is 0.871. The summed E-state index contributed by atoms with van der Waals surface area (Å²) in [6.07, 6.45) is -5.12. The summed E-state index contributed by atoms with van der Waals surface area (Å²) in [5.74, 6) is -2.28. The van der Waals surface area contributed by atoms with E-state index in [1.807, 2.05) is 0 Å². The number of carbonyl (C=O) groups excluding carboxylic acids is 2. The van der Waals surface area contributed by atoms with Crippen molar-refractivity contribution in [2.75, 3.05) is 0 Å². The van der Waals surface area contributed by atoms with E-state index in [-0.39, 0.29) is 0 Å². The molecule has 0 bridgehead atoms. The van der Waals surface area contributed by atoms with Crippen molar-refractivity contribution in [2.24, 2.45) is 0 Å². The van der Waals surface area contributed by atoms with Crippen molar-refractivity contribution in [3.8, 4) is 0 Å². The lowest BCUT2D eigenvalue weighted by molar-refractivity contribution is -0.155. The Morgan fingerprint density at radius 1 is 1.27 bits per heavy atom. The van der Waals surface area contributed by atoms with Crippen molar-refractivity contribution in [1.29, 1.82) is 0 Å². The fraction of sp³-hybridized carbons (Fsp3) is 0.750. The highest BCUT2D eigenvalue weighted by Crippen LogP contribution is 2.24. The third-order valence-electron chi connectivity index (χ3n) is 1.85. The van der Waals surface area contributed by atoms with Crippen molar-refractivity contribution in [3.63, 3.8) is 0 Å². The van der Waals surface area contributed by atoms with Gasteiger partial charge in [-0.1, -0.05) is 0 Å². The van der Waals surface area contributed by atoms with Gasteiger partial charge in [-0.15, -0.1) is 0 Å². The van der Waals surface area contributed by atoms with Crippen molar-refractivity contribution in [1.82, 2.24) is 0 Å². The number of carbonyl (C=O) groups is 2. The van der Waals surface area contributed by atoms with Crippen LogP contribution in [0.5, 0.6) is 0 Å². The molecule has 0 heterocycles. The predicted molar refractivity (Wildman–Crippen MR) is 53.3 cm³/mol. The lowest BCUT2D eigenvalue weighted by Crippen LogP contribution is -2.54. The molecular weight excluding hydrogens is 272 g/mol. The molecule has 88 valence electrons. The minimum absolute atomic E-state index is 0.913. The SMILES string of the molecule is CC(=O)C(=O)[C@@](O)(Br)C(O)C(O)C(C)O. The van der Waals surface area contributed by atoms with Crippen LogP contribution in [-0.4, -0.2) is 54.8 Å². The van der Waals surface area contributed by atoms with Crippen LogP contribution in [0.1, 0.15) is 13.8 Å². The third-order valence-corrected chi connectivity index (χ3v) is 2.68. The second-order valence-electron chi connectivity index (χ2n) is 3.23. The number of aliphatic hydroxyl groups is 4. The van der Waals surface area contributed by atoms with E-state index in [0.29, 0.717) is 0 Å². The number of hydrogen-bond acceptors (Lipinski definition) is 6. The van der Waals surface area contributed by atoms with Gasteiger partial charge in [0, 0.05) is 6.92 Å². The van der Waals surface area contributed by atoms with Gasteiger partial charge in [0.15, 0.2) is 5.78 Å². The maximum absolute atomic E-state index is 11.1. The van der Waals surface area contributed by atoms with Gasteiger partial charge in [0.05, 0.1) is 6.10 Å². The Kier molecular flexibility index (Phi) is 5.01. The zero-order valence-electron chi connectivity index (χ0n) is 8.22. The van der Waals surface area contributed by atoms with E-state index in [9.17, 15) is 24.9 Å². The molecule has 4 atom stereocenters. The minimum atomic E-state index is -2.59. The zero-order chi connectivity index (χ0) is 12.4. The summed E-state index contributed by atoms with van der Waals surface area (Å²) in [6.45, 7) is 2.07. The minimum Gasteiger partial charge on any atom is -0.391 e. The van der Waals surface area contributed by atoms with Gasteiger partial charge in [-0.2, -0.15) is 0 Å². The highest BCUT2D eigenvalue weighted by molar-refractivity contribution is 9.10. The largest absolute Gasteiger partial charge is 0.391 e. The van der Waals surface area contributed by atoms with Crippen LogP contribution >= 0.6 is 15.9 Å². The molecule has 0 aliphatic heterocycles. The van der Waals surface area contributed by atoms with Crippen LogP contribution in [0.2, 0.25) is 0 Å². The number of hydrogen-bond donors (Lipinski definition) is 4. The number of ketones is 2. The highest BCUT2D eigenvalue weighted by atomic mass is 79.9. The maximum Gasteiger partial charge on any atom is 0.243 e. The molecule has 7 heteroatoms. The quantitative estimate of drug-likeness (QED) is 0.355. The first-order valence-corrected chi connectivity index (χ1v) is 4.92. The molecule has 0 spiro atoms. The average molecular weight is 285 g/mol. The first-order valence-electron chi connectivity index (χ1n) is 4.13. The number of rotatable bonds is 5. The molecule has 0 aliphatic carbocycles. The highest BCUT2D eigenvalue weighted by Gasteiger charge is 2.47. The Morgan fingerprint density at radius 2 is 1.67 bits per heavy atom. The number of alkyl halides is 1. The molecule has 0 aliphatic rings. The van der Waals surface area contributed by atoms with Gasteiger partial charge in [-0.05, 0) is 22.9 Å². The summed E-state index contributed by atoms with van der Waals surface area (Å²) in [6, 6.07) is 0. The normalized spacial score (nSPS) is 21.3. The Hall–Kier alpha value is -0.340. The summed E-state index contributed by atoms with van der Waals surface area (Å²) < 4.78 is -2.59. The van der Waals surface area contributed by atoms with Gasteiger partial charge < -0.3 is 20.4 Å². The molecular formula is C8H13BrO6. The molecule has 0 aromatic rings. The van der Waals surface area contributed by atoms with E-state index in [2.05, 4.69) is 15.9 Å². The summed E-state index contributed by atoms with van der Waals surface area (Å²) in [5, 5.41) is 37.0. The molecule has 0 rings (SSSR count). The summed E-state index contributed by atoms with van der Waals surface area (Å²) >= 11 is 2.45. The monoisotopic (exact) mass is 284 g/mol. The van der Waals surface area contributed by atoms with E-state index < -0.39 is 34.4 Å². The zero-order valence-corrected chi connectivity index (χ0v) is 9.80. The molecule has 0 radical (unpaired) electrons. The number of halogens is 1. The van der Waals surface area contributed by atoms with Gasteiger partial charge >= 0.3 is 0 Å². The van der Waals surface area contributed by atoms with Crippen LogP contribution in [0, 0.1) is 0 Å². The topological polar surface area (TPSA) is 115 Å². The summed E-state index contributed by atoms with van der Waals surface area (Å²) in [4.78, 5) is 21.8. The summed E-state index contributed by atoms with van der Waals surface area (Å²) in [5.41, 5.74) is 0. The number of aliphatic hydroxyl groups excluding tert-OH is 3. The average Bonchev–Trinajstić information content (AvgIpc) is 2.13. The second-order valence-corrected chi connectivity index (χ2v) is 4.44. The molecule has 0 amide bonds. The van der Waals surface area contributed by atoms with E-state index >= 15 is 0 Å². The van der Waals surface area contributed by atoms with Gasteiger partial charge in [0.1, 0.15) is 12.2 Å². The van der Waals surface area contributed by atoms with Gasteiger partial charge in [0.2, 0.25) is 10.3 Å². The van der Waals surface area contributed by atoms with Crippen LogP contribution in [0.4, 0.5) is 0 Å². The molecule has 0 saturated heterocycles. The predicted octanol–water partition coefficient (Wildman–Crippen LogP) is -1.67. The van der Waals surface area contributed by atoms with Crippen LogP contribution in [0.15, 0.2) is 0 Å². The van der Waals surface area contributed by atoms with Gasteiger partial charge in [0.25, 0.3) is 0 Å². The van der Waals surface area contributed by atoms with Crippen LogP contribution < -0.4 is 0 Å². The van der Waals surface area contributed by atoms with Crippen molar-refractivity contribution >= 4 is 27.5 Å². The lowest BCUT2D eigenvalue weighted by Gasteiger charge is -2.29. The molecule has 3 unspecified atom stereocenters. The molecule has 0 fully saturated rings. The van der Waals surface area contributed by atoms with Crippen molar-refractivity contribution in [3.05, 3.63) is 0 Å². The van der Waals surface area contributed by atoms with E-state index in [1.54, 1.807) is 0 Å². The van der Waals surface area contributed by atoms with E-state index in [4.69, 9.17) is 5.11 Å². The standard InChI is InChI=1S/C8H13BrO6/c1-3(10)5(12)7(14)8(9,15)6(13)4(2)11/h3,5,7,10,12,14-15H,1-2H3/t3?,5?,7?,8-/m0/s1. The molecule has 6 nitrogen and oxygen atoms in total. The van der Waals surface area contributed by atoms with Crippen LogP contribution in [0.3, 0.4) is 0 Å². The molecule has 4 N–H and O–H groups in total. The van der Waals surface area contributed by atoms with Gasteiger partial charge in [-0.3, -0.25) is 9.59 Å².